The number of hydrogen-bond donors (Lipinski definition) is 1. The van der Waals surface area contributed by atoms with Crippen LogP contribution in [0.4, 0.5) is 0 Å². The molecule has 1 aliphatic heterocycles. The van der Waals surface area contributed by atoms with E-state index in [1.54, 1.807) is 31.1 Å². The predicted octanol–water partition coefficient (Wildman–Crippen LogP) is 1.77. The summed E-state index contributed by atoms with van der Waals surface area (Å²) in [7, 11) is 1.57. The molecule has 0 saturated carbocycles. The number of piperidine rings is 1. The molecule has 1 N–H and O–H groups in total. The average Bonchev–Trinajstić information content (AvgIpc) is 3.07. The van der Waals surface area contributed by atoms with Crippen molar-refractivity contribution < 1.29 is 14.0 Å². The zero-order valence-corrected chi connectivity index (χ0v) is 17.8. The second-order valence-electron chi connectivity index (χ2n) is 7.89. The Bertz CT molecular complexity index is 1200. The van der Waals surface area contributed by atoms with E-state index in [9.17, 15) is 14.4 Å². The van der Waals surface area contributed by atoms with Gasteiger partial charge in [-0.2, -0.15) is 0 Å². The molecule has 2 aromatic heterocycles. The molecule has 2 amide bonds. The van der Waals surface area contributed by atoms with E-state index in [0.29, 0.717) is 41.3 Å². The van der Waals surface area contributed by atoms with E-state index in [0.717, 1.165) is 18.4 Å². The predicted molar refractivity (Wildman–Crippen MR) is 114 cm³/mol. The molecule has 3 aromatic rings. The van der Waals surface area contributed by atoms with Gasteiger partial charge < -0.3 is 14.6 Å². The van der Waals surface area contributed by atoms with Gasteiger partial charge in [-0.25, -0.2) is 14.8 Å². The number of aryl methyl sites for hydroxylation is 2. The maximum Gasteiger partial charge on any atom is 0.420 e. The summed E-state index contributed by atoms with van der Waals surface area (Å²) in [6.45, 7) is 4.80. The van der Waals surface area contributed by atoms with Gasteiger partial charge in [0, 0.05) is 32.3 Å². The average molecular weight is 423 g/mol. The molecule has 31 heavy (non-hydrogen) atoms. The number of rotatable bonds is 4. The highest BCUT2D eigenvalue weighted by Gasteiger charge is 2.27. The number of nitrogens with one attached hydrogen (secondary N) is 1. The molecule has 0 aliphatic carbocycles. The van der Waals surface area contributed by atoms with E-state index in [2.05, 4.69) is 15.3 Å². The fraction of sp³-hybridized carbons (Fsp3) is 0.409. The summed E-state index contributed by atoms with van der Waals surface area (Å²) in [5.74, 6) is -0.0196. The van der Waals surface area contributed by atoms with Gasteiger partial charge in [0.25, 0.3) is 5.91 Å². The first-order valence-corrected chi connectivity index (χ1v) is 10.3. The van der Waals surface area contributed by atoms with E-state index in [1.165, 1.54) is 4.57 Å². The van der Waals surface area contributed by atoms with E-state index in [-0.39, 0.29) is 24.3 Å². The van der Waals surface area contributed by atoms with Crippen molar-refractivity contribution in [3.63, 3.8) is 0 Å². The molecule has 1 aromatic carbocycles. The van der Waals surface area contributed by atoms with Crippen molar-refractivity contribution in [1.82, 2.24) is 24.8 Å². The standard InChI is InChI=1S/C22H25N5O4/c1-13-4-5-18-17(10-13)27(22(30)31-18)12-19(28)26-8-6-15(7-9-26)20-24-11-16(14(2)25-20)21(29)23-3/h4-5,10-11,15H,6-9,12H2,1-3H3,(H,23,29). The summed E-state index contributed by atoms with van der Waals surface area (Å²) < 4.78 is 6.64. The van der Waals surface area contributed by atoms with Gasteiger partial charge in [0.2, 0.25) is 5.91 Å². The minimum Gasteiger partial charge on any atom is -0.408 e. The van der Waals surface area contributed by atoms with E-state index < -0.39 is 5.76 Å². The molecule has 0 unspecified atom stereocenters. The van der Waals surface area contributed by atoms with Crippen molar-refractivity contribution in [3.8, 4) is 0 Å². The highest BCUT2D eigenvalue weighted by atomic mass is 16.4. The van der Waals surface area contributed by atoms with Crippen LogP contribution in [0.1, 0.15) is 46.2 Å². The Morgan fingerprint density at radius 3 is 2.65 bits per heavy atom. The van der Waals surface area contributed by atoms with Crippen LogP contribution in [0.2, 0.25) is 0 Å². The summed E-state index contributed by atoms with van der Waals surface area (Å²) in [6, 6.07) is 5.46. The number of likely N-dealkylation sites (tertiary alicyclic amines) is 1. The Hall–Kier alpha value is -3.49. The van der Waals surface area contributed by atoms with Gasteiger partial charge in [-0.1, -0.05) is 6.07 Å². The quantitative estimate of drug-likeness (QED) is 0.685. The third-order valence-corrected chi connectivity index (χ3v) is 5.80. The molecule has 162 valence electrons. The zero-order valence-electron chi connectivity index (χ0n) is 17.8. The highest BCUT2D eigenvalue weighted by Crippen LogP contribution is 2.26. The maximum absolute atomic E-state index is 12.8. The molecule has 1 fully saturated rings. The summed E-state index contributed by atoms with van der Waals surface area (Å²) >= 11 is 0. The number of amides is 2. The number of oxazole rings is 1. The number of carbonyl (C=O) groups is 2. The Morgan fingerprint density at radius 1 is 1.23 bits per heavy atom. The Balaban J connectivity index is 1.42. The van der Waals surface area contributed by atoms with Crippen LogP contribution < -0.4 is 11.1 Å². The van der Waals surface area contributed by atoms with Gasteiger partial charge in [0.15, 0.2) is 5.58 Å². The molecular formula is C22H25N5O4. The van der Waals surface area contributed by atoms with Gasteiger partial charge in [0.05, 0.1) is 16.8 Å². The van der Waals surface area contributed by atoms with Crippen LogP contribution in [0, 0.1) is 13.8 Å². The largest absolute Gasteiger partial charge is 0.420 e. The van der Waals surface area contributed by atoms with E-state index in [1.807, 2.05) is 19.1 Å². The Morgan fingerprint density at radius 2 is 1.97 bits per heavy atom. The lowest BCUT2D eigenvalue weighted by Crippen LogP contribution is -2.41. The smallest absolute Gasteiger partial charge is 0.408 e. The maximum atomic E-state index is 12.8. The van der Waals surface area contributed by atoms with Crippen molar-refractivity contribution in [1.29, 1.82) is 0 Å². The first-order chi connectivity index (χ1) is 14.9. The minimum absolute atomic E-state index is 0.0453. The first-order valence-electron chi connectivity index (χ1n) is 10.3. The number of nitrogens with zero attached hydrogens (tertiary/aromatic N) is 4. The van der Waals surface area contributed by atoms with Crippen LogP contribution in [0.15, 0.2) is 33.6 Å². The normalized spacial score (nSPS) is 14.7. The van der Waals surface area contributed by atoms with Crippen LogP contribution in [0.5, 0.6) is 0 Å². The topological polar surface area (TPSA) is 110 Å². The van der Waals surface area contributed by atoms with Crippen LogP contribution in [0.3, 0.4) is 0 Å². The molecule has 1 saturated heterocycles. The van der Waals surface area contributed by atoms with Crippen LogP contribution >= 0.6 is 0 Å². The van der Waals surface area contributed by atoms with Crippen molar-refractivity contribution in [2.45, 2.75) is 39.2 Å². The monoisotopic (exact) mass is 423 g/mol. The summed E-state index contributed by atoms with van der Waals surface area (Å²) in [5.41, 5.74) is 3.22. The fourth-order valence-corrected chi connectivity index (χ4v) is 3.98. The van der Waals surface area contributed by atoms with Crippen molar-refractivity contribution in [2.75, 3.05) is 20.1 Å². The molecule has 0 atom stereocenters. The SMILES string of the molecule is CNC(=O)c1cnc(C2CCN(C(=O)Cn3c(=O)oc4ccc(C)cc43)CC2)nc1C. The lowest BCUT2D eigenvalue weighted by atomic mass is 9.95. The van der Waals surface area contributed by atoms with Gasteiger partial charge in [-0.3, -0.25) is 14.2 Å². The molecule has 3 heterocycles. The molecule has 0 spiro atoms. The lowest BCUT2D eigenvalue weighted by Gasteiger charge is -2.31. The molecule has 9 nitrogen and oxygen atoms in total. The number of aromatic nitrogens is 3. The molecular weight excluding hydrogens is 398 g/mol. The Kier molecular flexibility index (Phi) is 5.58. The second-order valence-corrected chi connectivity index (χ2v) is 7.89. The molecule has 0 radical (unpaired) electrons. The van der Waals surface area contributed by atoms with Gasteiger partial charge >= 0.3 is 5.76 Å². The lowest BCUT2D eigenvalue weighted by molar-refractivity contribution is -0.132. The van der Waals surface area contributed by atoms with Gasteiger partial charge in [0.1, 0.15) is 12.4 Å². The third-order valence-electron chi connectivity index (χ3n) is 5.80. The summed E-state index contributed by atoms with van der Waals surface area (Å²) in [5, 5.41) is 2.58. The number of benzene rings is 1. The molecule has 4 rings (SSSR count). The number of fused-ring (bicyclic) bond motifs is 1. The van der Waals surface area contributed by atoms with E-state index >= 15 is 0 Å². The van der Waals surface area contributed by atoms with Crippen LogP contribution in [-0.2, 0) is 11.3 Å². The van der Waals surface area contributed by atoms with Crippen LogP contribution in [-0.4, -0.2) is 51.4 Å². The second kappa shape index (κ2) is 8.33. The van der Waals surface area contributed by atoms with Crippen molar-refractivity contribution >= 4 is 22.9 Å². The van der Waals surface area contributed by atoms with Gasteiger partial charge in [-0.15, -0.1) is 0 Å². The van der Waals surface area contributed by atoms with Gasteiger partial charge in [-0.05, 0) is 44.4 Å². The highest BCUT2D eigenvalue weighted by molar-refractivity contribution is 5.94. The molecule has 1 aliphatic rings. The van der Waals surface area contributed by atoms with Crippen LogP contribution in [0.25, 0.3) is 11.1 Å². The Labute approximate surface area is 179 Å². The minimum atomic E-state index is -0.524. The number of hydrogen-bond acceptors (Lipinski definition) is 6. The van der Waals surface area contributed by atoms with E-state index in [4.69, 9.17) is 4.42 Å². The zero-order chi connectivity index (χ0) is 22.1. The van der Waals surface area contributed by atoms with Crippen molar-refractivity contribution in [2.24, 2.45) is 0 Å². The first kappa shape index (κ1) is 20.8. The summed E-state index contributed by atoms with van der Waals surface area (Å²) in [4.78, 5) is 47.6. The molecule has 9 heteroatoms. The third kappa shape index (κ3) is 4.08. The summed E-state index contributed by atoms with van der Waals surface area (Å²) in [6.07, 6.45) is 3.02. The van der Waals surface area contributed by atoms with Crippen molar-refractivity contribution in [3.05, 3.63) is 57.6 Å². The number of carbonyl (C=O) groups excluding carboxylic acids is 2. The fourth-order valence-electron chi connectivity index (χ4n) is 3.98. The molecule has 0 bridgehead atoms.